The lowest BCUT2D eigenvalue weighted by Crippen LogP contribution is -2.44. The molecule has 0 spiro atoms. The van der Waals surface area contributed by atoms with Gasteiger partial charge >= 0.3 is 0 Å². The fourth-order valence-corrected chi connectivity index (χ4v) is 2.22. The lowest BCUT2D eigenvalue weighted by atomic mass is 10.1. The van der Waals surface area contributed by atoms with Gasteiger partial charge < -0.3 is 10.1 Å². The van der Waals surface area contributed by atoms with Crippen LogP contribution in [-0.2, 0) is 0 Å². The largest absolute Gasteiger partial charge is 0.494 e. The number of nitrogens with one attached hydrogen (secondary N) is 1. The van der Waals surface area contributed by atoms with Gasteiger partial charge in [0.2, 0.25) is 0 Å². The summed E-state index contributed by atoms with van der Waals surface area (Å²) in [6.07, 6.45) is 0. The highest BCUT2D eigenvalue weighted by Crippen LogP contribution is 2.25. The number of methoxy groups -OCH3 is 1. The first-order valence-corrected chi connectivity index (χ1v) is 6.00. The van der Waals surface area contributed by atoms with E-state index in [0.29, 0.717) is 5.75 Å². The summed E-state index contributed by atoms with van der Waals surface area (Å²) >= 11 is 0. The maximum absolute atomic E-state index is 13.6. The Hall–Kier alpha value is -1.13. The molecule has 94 valence electrons. The van der Waals surface area contributed by atoms with Crippen LogP contribution in [-0.4, -0.2) is 38.2 Å². The quantitative estimate of drug-likeness (QED) is 0.869. The average Bonchev–Trinajstić information content (AvgIpc) is 2.39. The molecule has 1 aliphatic rings. The molecule has 1 aromatic rings. The average molecular weight is 238 g/mol. The minimum Gasteiger partial charge on any atom is -0.494 e. The summed E-state index contributed by atoms with van der Waals surface area (Å²) in [5, 5.41) is 3.31. The predicted molar refractivity (Wildman–Crippen MR) is 65.8 cm³/mol. The van der Waals surface area contributed by atoms with Crippen molar-refractivity contribution in [2.45, 2.75) is 13.0 Å². The molecule has 1 saturated heterocycles. The van der Waals surface area contributed by atoms with Crippen LogP contribution in [0.3, 0.4) is 0 Å². The normalized spacial score (nSPS) is 19.0. The number of hydrogen-bond acceptors (Lipinski definition) is 3. The minimum absolute atomic E-state index is 0.248. The molecule has 1 N–H and O–H groups in total. The summed E-state index contributed by atoms with van der Waals surface area (Å²) in [5.74, 6) is 0.0215. The summed E-state index contributed by atoms with van der Waals surface area (Å²) < 4.78 is 18.5. The first-order valence-electron chi connectivity index (χ1n) is 6.00. The van der Waals surface area contributed by atoms with Gasteiger partial charge in [0.15, 0.2) is 11.6 Å². The first kappa shape index (κ1) is 12.3. The van der Waals surface area contributed by atoms with Crippen molar-refractivity contribution in [2.24, 2.45) is 0 Å². The molecule has 0 aliphatic carbocycles. The zero-order valence-electron chi connectivity index (χ0n) is 10.4. The van der Waals surface area contributed by atoms with E-state index in [9.17, 15) is 4.39 Å². The van der Waals surface area contributed by atoms with E-state index in [-0.39, 0.29) is 11.9 Å². The second-order valence-electron chi connectivity index (χ2n) is 4.36. The molecule has 4 heteroatoms. The molecule has 1 aliphatic heterocycles. The van der Waals surface area contributed by atoms with Crippen LogP contribution < -0.4 is 10.1 Å². The summed E-state index contributed by atoms with van der Waals surface area (Å²) in [5.41, 5.74) is 1.00. The number of ether oxygens (including phenoxy) is 1. The van der Waals surface area contributed by atoms with E-state index in [2.05, 4.69) is 17.1 Å². The molecule has 0 saturated carbocycles. The third kappa shape index (κ3) is 2.76. The van der Waals surface area contributed by atoms with Crippen LogP contribution in [0.5, 0.6) is 5.75 Å². The van der Waals surface area contributed by atoms with Crippen molar-refractivity contribution >= 4 is 0 Å². The van der Waals surface area contributed by atoms with Gasteiger partial charge in [-0.3, -0.25) is 4.90 Å². The molecule has 0 unspecified atom stereocenters. The Morgan fingerprint density at radius 2 is 2.06 bits per heavy atom. The van der Waals surface area contributed by atoms with Crippen LogP contribution in [0, 0.1) is 5.82 Å². The smallest absolute Gasteiger partial charge is 0.165 e. The Labute approximate surface area is 102 Å². The second kappa shape index (κ2) is 5.47. The van der Waals surface area contributed by atoms with Gasteiger partial charge in [-0.1, -0.05) is 6.07 Å². The Kier molecular flexibility index (Phi) is 3.97. The summed E-state index contributed by atoms with van der Waals surface area (Å²) in [4.78, 5) is 2.36. The highest BCUT2D eigenvalue weighted by atomic mass is 19.1. The third-order valence-electron chi connectivity index (χ3n) is 3.36. The highest BCUT2D eigenvalue weighted by Gasteiger charge is 2.18. The Bertz CT molecular complexity index is 378. The summed E-state index contributed by atoms with van der Waals surface area (Å²) in [7, 11) is 1.48. The van der Waals surface area contributed by atoms with Gasteiger partial charge in [0.1, 0.15) is 0 Å². The fourth-order valence-electron chi connectivity index (χ4n) is 2.22. The van der Waals surface area contributed by atoms with Gasteiger partial charge in [-0.05, 0) is 24.6 Å². The van der Waals surface area contributed by atoms with Crippen molar-refractivity contribution in [1.82, 2.24) is 10.2 Å². The van der Waals surface area contributed by atoms with Crippen molar-refractivity contribution in [3.05, 3.63) is 29.6 Å². The zero-order valence-corrected chi connectivity index (χ0v) is 10.4. The van der Waals surface area contributed by atoms with Crippen LogP contribution in [0.25, 0.3) is 0 Å². The summed E-state index contributed by atoms with van der Waals surface area (Å²) in [6, 6.07) is 5.46. The topological polar surface area (TPSA) is 24.5 Å². The maximum Gasteiger partial charge on any atom is 0.165 e. The number of benzene rings is 1. The Balaban J connectivity index is 2.12. The Morgan fingerprint density at radius 3 is 2.65 bits per heavy atom. The monoisotopic (exact) mass is 238 g/mol. The van der Waals surface area contributed by atoms with Crippen LogP contribution in [0.1, 0.15) is 18.5 Å². The molecule has 17 heavy (non-hydrogen) atoms. The van der Waals surface area contributed by atoms with E-state index in [1.807, 2.05) is 6.07 Å². The van der Waals surface area contributed by atoms with Crippen LogP contribution in [0.2, 0.25) is 0 Å². The standard InChI is InChI=1S/C13H19FN2O/c1-10(16-7-5-15-6-8-16)11-3-4-13(17-2)12(14)9-11/h3-4,9-10,15H,5-8H2,1-2H3/t10-/m1/s1. The highest BCUT2D eigenvalue weighted by molar-refractivity contribution is 5.30. The van der Waals surface area contributed by atoms with Gasteiger partial charge in [-0.15, -0.1) is 0 Å². The minimum atomic E-state index is -0.285. The number of hydrogen-bond donors (Lipinski definition) is 1. The van der Waals surface area contributed by atoms with Crippen LogP contribution in [0.4, 0.5) is 4.39 Å². The van der Waals surface area contributed by atoms with E-state index in [4.69, 9.17) is 4.74 Å². The van der Waals surface area contributed by atoms with E-state index in [1.54, 1.807) is 12.1 Å². The maximum atomic E-state index is 13.6. The SMILES string of the molecule is COc1ccc([C@@H](C)N2CCNCC2)cc1F. The molecule has 0 bridgehead atoms. The predicted octanol–water partition coefficient (Wildman–Crippen LogP) is 1.80. The molecule has 0 amide bonds. The van der Waals surface area contributed by atoms with Gasteiger partial charge in [0, 0.05) is 32.2 Å². The van der Waals surface area contributed by atoms with Crippen molar-refractivity contribution in [3.63, 3.8) is 0 Å². The molecule has 0 aromatic heterocycles. The van der Waals surface area contributed by atoms with E-state index in [0.717, 1.165) is 31.7 Å². The Morgan fingerprint density at radius 1 is 1.35 bits per heavy atom. The molecule has 0 radical (unpaired) electrons. The van der Waals surface area contributed by atoms with Crippen molar-refractivity contribution < 1.29 is 9.13 Å². The first-order chi connectivity index (χ1) is 8.22. The van der Waals surface area contributed by atoms with Crippen molar-refractivity contribution in [2.75, 3.05) is 33.3 Å². The molecule has 2 rings (SSSR count). The van der Waals surface area contributed by atoms with E-state index in [1.165, 1.54) is 7.11 Å². The number of piperazine rings is 1. The zero-order chi connectivity index (χ0) is 12.3. The van der Waals surface area contributed by atoms with Crippen molar-refractivity contribution in [3.8, 4) is 5.75 Å². The van der Waals surface area contributed by atoms with Gasteiger partial charge in [0.05, 0.1) is 7.11 Å². The molecule has 1 heterocycles. The number of nitrogens with zero attached hydrogens (tertiary/aromatic N) is 1. The fraction of sp³-hybridized carbons (Fsp3) is 0.538. The lowest BCUT2D eigenvalue weighted by Gasteiger charge is -2.33. The molecular formula is C13H19FN2O. The van der Waals surface area contributed by atoms with Gasteiger partial charge in [-0.2, -0.15) is 0 Å². The number of rotatable bonds is 3. The number of halogens is 1. The molecular weight excluding hydrogens is 219 g/mol. The second-order valence-corrected chi connectivity index (χ2v) is 4.36. The third-order valence-corrected chi connectivity index (χ3v) is 3.36. The van der Waals surface area contributed by atoms with E-state index < -0.39 is 0 Å². The molecule has 1 aromatic carbocycles. The molecule has 1 atom stereocenters. The summed E-state index contributed by atoms with van der Waals surface area (Å²) in [6.45, 7) is 6.14. The van der Waals surface area contributed by atoms with Crippen molar-refractivity contribution in [1.29, 1.82) is 0 Å². The molecule has 3 nitrogen and oxygen atoms in total. The van der Waals surface area contributed by atoms with Gasteiger partial charge in [-0.25, -0.2) is 4.39 Å². The lowest BCUT2D eigenvalue weighted by molar-refractivity contribution is 0.185. The molecule has 1 fully saturated rings. The van der Waals surface area contributed by atoms with E-state index >= 15 is 0 Å². The van der Waals surface area contributed by atoms with Gasteiger partial charge in [0.25, 0.3) is 0 Å². The van der Waals surface area contributed by atoms with Crippen LogP contribution in [0.15, 0.2) is 18.2 Å². The van der Waals surface area contributed by atoms with Crippen LogP contribution >= 0.6 is 0 Å².